The van der Waals surface area contributed by atoms with Crippen LogP contribution in [0.3, 0.4) is 0 Å². The normalized spacial score (nSPS) is 20.1. The van der Waals surface area contributed by atoms with Gasteiger partial charge in [-0.25, -0.2) is 0 Å². The molecule has 5 nitrogen and oxygen atoms in total. The van der Waals surface area contributed by atoms with E-state index >= 15 is 0 Å². The number of carbonyl (C=O) groups excluding carboxylic acids is 1. The number of ether oxygens (including phenoxy) is 1. The summed E-state index contributed by atoms with van der Waals surface area (Å²) in [4.78, 5) is 11.7. The Bertz CT molecular complexity index is 606. The van der Waals surface area contributed by atoms with Crippen LogP contribution < -0.4 is 10.1 Å². The van der Waals surface area contributed by atoms with Gasteiger partial charge in [0.25, 0.3) is 0 Å². The van der Waals surface area contributed by atoms with Gasteiger partial charge in [0, 0.05) is 12.0 Å². The molecule has 2 N–H and O–H groups in total. The fourth-order valence-corrected chi connectivity index (χ4v) is 3.41. The maximum Gasteiger partial charge on any atom is 0.249 e. The third-order valence-corrected chi connectivity index (χ3v) is 4.34. The molecule has 1 amide bonds. The monoisotopic (exact) mass is 286 g/mol. The number of amides is 1. The van der Waals surface area contributed by atoms with Gasteiger partial charge in [-0.05, 0) is 42.4 Å². The minimum atomic E-state index is -1.06. The maximum atomic E-state index is 11.7. The maximum absolute atomic E-state index is 11.7. The summed E-state index contributed by atoms with van der Waals surface area (Å²) in [5, 5.41) is 20.9. The second-order valence-electron chi connectivity index (χ2n) is 5.58. The van der Waals surface area contributed by atoms with Gasteiger partial charge in [-0.1, -0.05) is 6.07 Å². The van der Waals surface area contributed by atoms with Crippen LogP contribution in [0, 0.1) is 11.3 Å². The van der Waals surface area contributed by atoms with E-state index in [4.69, 9.17) is 10.00 Å². The first-order chi connectivity index (χ1) is 10.2. The van der Waals surface area contributed by atoms with Crippen molar-refractivity contribution in [3.05, 3.63) is 28.8 Å². The predicted octanol–water partition coefficient (Wildman–Crippen LogP) is 1.04. The van der Waals surface area contributed by atoms with E-state index in [1.54, 1.807) is 0 Å². The van der Waals surface area contributed by atoms with E-state index in [2.05, 4.69) is 11.4 Å². The standard InChI is InChI=1S/C16H18N2O3/c17-6-7-18-16(20)13(19)9-11-2-1-10-3-4-14-12(15(10)11)5-8-21-14/h3-4,11,13,19H,1-2,5,7-9H2,(H,18,20)/t11-,13?/m0/s1. The summed E-state index contributed by atoms with van der Waals surface area (Å²) in [5.74, 6) is 0.678. The van der Waals surface area contributed by atoms with Crippen molar-refractivity contribution in [2.75, 3.05) is 13.2 Å². The molecule has 21 heavy (non-hydrogen) atoms. The van der Waals surface area contributed by atoms with Crippen molar-refractivity contribution in [3.8, 4) is 11.8 Å². The Morgan fingerprint density at radius 3 is 3.19 bits per heavy atom. The molecule has 3 rings (SSSR count). The number of nitriles is 1. The Kier molecular flexibility index (Phi) is 3.80. The van der Waals surface area contributed by atoms with Crippen LogP contribution in [0.5, 0.6) is 5.75 Å². The zero-order valence-electron chi connectivity index (χ0n) is 11.8. The molecule has 2 aliphatic rings. The zero-order valence-corrected chi connectivity index (χ0v) is 11.8. The lowest BCUT2D eigenvalue weighted by molar-refractivity contribution is -0.129. The Morgan fingerprint density at radius 1 is 1.52 bits per heavy atom. The van der Waals surface area contributed by atoms with Crippen molar-refractivity contribution in [2.45, 2.75) is 37.7 Å². The summed E-state index contributed by atoms with van der Waals surface area (Å²) in [6.07, 6.45) is 2.19. The van der Waals surface area contributed by atoms with Crippen molar-refractivity contribution >= 4 is 5.91 Å². The third kappa shape index (κ3) is 2.59. The summed E-state index contributed by atoms with van der Waals surface area (Å²) in [7, 11) is 0. The van der Waals surface area contributed by atoms with E-state index in [0.29, 0.717) is 13.0 Å². The van der Waals surface area contributed by atoms with Crippen molar-refractivity contribution in [2.24, 2.45) is 0 Å². The van der Waals surface area contributed by atoms with E-state index in [1.807, 2.05) is 12.1 Å². The fourth-order valence-electron chi connectivity index (χ4n) is 3.41. The minimum Gasteiger partial charge on any atom is -0.493 e. The average Bonchev–Trinajstić information content (AvgIpc) is 3.10. The quantitative estimate of drug-likeness (QED) is 0.810. The van der Waals surface area contributed by atoms with Crippen LogP contribution in [0.2, 0.25) is 0 Å². The molecule has 1 aromatic carbocycles. The summed E-state index contributed by atoms with van der Waals surface area (Å²) in [6, 6.07) is 5.96. The third-order valence-electron chi connectivity index (χ3n) is 4.34. The lowest BCUT2D eigenvalue weighted by Gasteiger charge is -2.18. The van der Waals surface area contributed by atoms with Crippen molar-refractivity contribution in [1.29, 1.82) is 5.26 Å². The number of nitrogens with one attached hydrogen (secondary N) is 1. The molecular formula is C16H18N2O3. The molecule has 0 fully saturated rings. The van der Waals surface area contributed by atoms with Crippen LogP contribution >= 0.6 is 0 Å². The lowest BCUT2D eigenvalue weighted by Crippen LogP contribution is -2.35. The summed E-state index contributed by atoms with van der Waals surface area (Å²) < 4.78 is 5.60. The van der Waals surface area contributed by atoms with Crippen molar-refractivity contribution < 1.29 is 14.6 Å². The van der Waals surface area contributed by atoms with Gasteiger partial charge in [0.1, 0.15) is 18.4 Å². The zero-order chi connectivity index (χ0) is 14.8. The molecule has 1 unspecified atom stereocenters. The number of nitrogens with zero attached hydrogens (tertiary/aromatic N) is 1. The highest BCUT2D eigenvalue weighted by Crippen LogP contribution is 2.43. The molecule has 0 saturated heterocycles. The molecule has 2 atom stereocenters. The molecule has 0 saturated carbocycles. The van der Waals surface area contributed by atoms with Gasteiger partial charge in [-0.15, -0.1) is 0 Å². The highest BCUT2D eigenvalue weighted by Gasteiger charge is 2.32. The van der Waals surface area contributed by atoms with E-state index in [1.165, 1.54) is 16.7 Å². The van der Waals surface area contributed by atoms with Gasteiger partial charge in [0.2, 0.25) is 5.91 Å². The summed E-state index contributed by atoms with van der Waals surface area (Å²) in [5.41, 5.74) is 3.84. The Hall–Kier alpha value is -2.06. The minimum absolute atomic E-state index is 0.0691. The van der Waals surface area contributed by atoms with E-state index in [0.717, 1.165) is 25.0 Å². The molecular weight excluding hydrogens is 268 g/mol. The van der Waals surface area contributed by atoms with Gasteiger partial charge in [0.15, 0.2) is 0 Å². The predicted molar refractivity (Wildman–Crippen MR) is 75.9 cm³/mol. The first-order valence-electron chi connectivity index (χ1n) is 7.31. The molecule has 110 valence electrons. The number of hydrogen-bond acceptors (Lipinski definition) is 4. The fraction of sp³-hybridized carbons (Fsp3) is 0.500. The molecule has 1 aliphatic carbocycles. The Morgan fingerprint density at radius 2 is 2.38 bits per heavy atom. The highest BCUT2D eigenvalue weighted by atomic mass is 16.5. The number of aryl methyl sites for hydroxylation is 1. The Labute approximate surface area is 123 Å². The highest BCUT2D eigenvalue weighted by molar-refractivity contribution is 5.80. The Balaban J connectivity index is 1.74. The van der Waals surface area contributed by atoms with Gasteiger partial charge in [0.05, 0.1) is 12.7 Å². The first kappa shape index (κ1) is 13.9. The summed E-state index contributed by atoms with van der Waals surface area (Å²) >= 11 is 0. The molecule has 1 aliphatic heterocycles. The smallest absolute Gasteiger partial charge is 0.249 e. The van der Waals surface area contributed by atoms with Gasteiger partial charge in [-0.2, -0.15) is 5.26 Å². The number of hydrogen-bond donors (Lipinski definition) is 2. The number of carbonyl (C=O) groups is 1. The number of aliphatic hydroxyl groups is 1. The second kappa shape index (κ2) is 5.74. The number of fused-ring (bicyclic) bond motifs is 3. The molecule has 0 aromatic heterocycles. The van der Waals surface area contributed by atoms with Crippen LogP contribution in [0.15, 0.2) is 12.1 Å². The largest absolute Gasteiger partial charge is 0.493 e. The van der Waals surface area contributed by atoms with Gasteiger partial charge >= 0.3 is 0 Å². The average molecular weight is 286 g/mol. The van der Waals surface area contributed by atoms with Crippen LogP contribution in [0.4, 0.5) is 0 Å². The topological polar surface area (TPSA) is 82.4 Å². The van der Waals surface area contributed by atoms with Gasteiger partial charge in [-0.3, -0.25) is 4.79 Å². The van der Waals surface area contributed by atoms with E-state index in [-0.39, 0.29) is 12.5 Å². The SMILES string of the molecule is N#CCNC(=O)C(O)C[C@@H]1CCc2ccc3c(c21)CCO3. The second-order valence-corrected chi connectivity index (χ2v) is 5.58. The molecule has 0 bridgehead atoms. The van der Waals surface area contributed by atoms with E-state index in [9.17, 15) is 9.90 Å². The first-order valence-corrected chi connectivity index (χ1v) is 7.31. The van der Waals surface area contributed by atoms with Crippen molar-refractivity contribution in [1.82, 2.24) is 5.32 Å². The van der Waals surface area contributed by atoms with E-state index < -0.39 is 12.0 Å². The van der Waals surface area contributed by atoms with Crippen LogP contribution in [-0.2, 0) is 17.6 Å². The molecule has 0 spiro atoms. The molecule has 5 heteroatoms. The number of benzene rings is 1. The van der Waals surface area contributed by atoms with Crippen molar-refractivity contribution in [3.63, 3.8) is 0 Å². The van der Waals surface area contributed by atoms with Crippen LogP contribution in [0.1, 0.15) is 35.4 Å². The molecule has 1 aromatic rings. The molecule has 1 heterocycles. The number of aliphatic hydroxyl groups excluding tert-OH is 1. The van der Waals surface area contributed by atoms with Gasteiger partial charge < -0.3 is 15.2 Å². The number of rotatable bonds is 4. The van der Waals surface area contributed by atoms with Crippen LogP contribution in [-0.4, -0.2) is 30.3 Å². The molecule has 0 radical (unpaired) electrons. The lowest BCUT2D eigenvalue weighted by atomic mass is 9.90. The summed E-state index contributed by atoms with van der Waals surface area (Å²) in [6.45, 7) is 0.643. The van der Waals surface area contributed by atoms with Crippen LogP contribution in [0.25, 0.3) is 0 Å².